The van der Waals surface area contributed by atoms with E-state index in [1.165, 1.54) is 0 Å². The predicted molar refractivity (Wildman–Crippen MR) is 69.9 cm³/mol. The first-order valence-electron chi connectivity index (χ1n) is 5.25. The number of benzene rings is 1. The number of ether oxygens (including phenoxy) is 1. The summed E-state index contributed by atoms with van der Waals surface area (Å²) in [5, 5.41) is 0.412. The van der Waals surface area contributed by atoms with Crippen LogP contribution >= 0.6 is 11.6 Å². The highest BCUT2D eigenvalue weighted by molar-refractivity contribution is 6.32. The quantitative estimate of drug-likeness (QED) is 0.607. The number of terminal acetylenes is 1. The van der Waals surface area contributed by atoms with E-state index in [-0.39, 0.29) is 12.0 Å². The monoisotopic (exact) mass is 250 g/mol. The van der Waals surface area contributed by atoms with Gasteiger partial charge in [-0.25, -0.2) is 0 Å². The fourth-order valence-electron chi connectivity index (χ4n) is 1.40. The minimum Gasteiger partial charge on any atom is -0.479 e. The number of hydrogen-bond acceptors (Lipinski definition) is 2. The van der Waals surface area contributed by atoms with Gasteiger partial charge in [-0.15, -0.1) is 6.42 Å². The fourth-order valence-corrected chi connectivity index (χ4v) is 1.68. The number of hydrogen-bond donors (Lipinski definition) is 0. The lowest BCUT2D eigenvalue weighted by atomic mass is 9.86. The van der Waals surface area contributed by atoms with Gasteiger partial charge in [-0.3, -0.25) is 4.79 Å². The lowest BCUT2D eigenvalue weighted by molar-refractivity contribution is 0.112. The van der Waals surface area contributed by atoms with Crippen molar-refractivity contribution in [2.45, 2.75) is 26.2 Å². The van der Waals surface area contributed by atoms with E-state index >= 15 is 0 Å². The SMILES string of the molecule is C#CCOc1c(Cl)cc(C(C)(C)C)cc1C=O. The number of halogens is 1. The summed E-state index contributed by atoms with van der Waals surface area (Å²) in [6, 6.07) is 3.59. The van der Waals surface area contributed by atoms with Crippen molar-refractivity contribution < 1.29 is 9.53 Å². The van der Waals surface area contributed by atoms with Crippen molar-refractivity contribution in [3.05, 3.63) is 28.3 Å². The van der Waals surface area contributed by atoms with Gasteiger partial charge >= 0.3 is 0 Å². The van der Waals surface area contributed by atoms with Crippen LogP contribution < -0.4 is 4.74 Å². The third kappa shape index (κ3) is 3.25. The van der Waals surface area contributed by atoms with Gasteiger partial charge in [-0.1, -0.05) is 38.3 Å². The zero-order valence-electron chi connectivity index (χ0n) is 10.2. The first kappa shape index (κ1) is 13.6. The molecule has 90 valence electrons. The Bertz CT molecular complexity index is 464. The van der Waals surface area contributed by atoms with Crippen molar-refractivity contribution in [3.63, 3.8) is 0 Å². The second-order valence-corrected chi connectivity index (χ2v) is 5.14. The molecule has 2 nitrogen and oxygen atoms in total. The van der Waals surface area contributed by atoms with Gasteiger partial charge in [-0.2, -0.15) is 0 Å². The van der Waals surface area contributed by atoms with Crippen LogP contribution in [0.1, 0.15) is 36.7 Å². The van der Waals surface area contributed by atoms with Crippen LogP contribution in [-0.2, 0) is 5.41 Å². The summed E-state index contributed by atoms with van der Waals surface area (Å²) in [5.74, 6) is 2.70. The van der Waals surface area contributed by atoms with E-state index in [1.54, 1.807) is 12.1 Å². The van der Waals surface area contributed by atoms with Gasteiger partial charge < -0.3 is 4.74 Å². The molecule has 0 aliphatic rings. The molecule has 0 bridgehead atoms. The molecule has 0 aliphatic heterocycles. The summed E-state index contributed by atoms with van der Waals surface area (Å²) in [6.45, 7) is 6.25. The van der Waals surface area contributed by atoms with Crippen LogP contribution in [0.15, 0.2) is 12.1 Å². The minimum absolute atomic E-state index is 0.0773. The van der Waals surface area contributed by atoms with E-state index in [4.69, 9.17) is 22.8 Å². The van der Waals surface area contributed by atoms with E-state index in [0.29, 0.717) is 16.3 Å². The molecule has 1 aromatic carbocycles. The highest BCUT2D eigenvalue weighted by Crippen LogP contribution is 2.34. The molecule has 0 heterocycles. The molecule has 0 aliphatic carbocycles. The molecular formula is C14H15ClO2. The number of aldehydes is 1. The van der Waals surface area contributed by atoms with Gasteiger partial charge in [0.25, 0.3) is 0 Å². The molecule has 1 rings (SSSR count). The summed E-state index contributed by atoms with van der Waals surface area (Å²) < 4.78 is 5.28. The van der Waals surface area contributed by atoms with E-state index in [1.807, 2.05) is 0 Å². The molecule has 0 unspecified atom stereocenters. The lowest BCUT2D eigenvalue weighted by Crippen LogP contribution is -2.12. The Morgan fingerprint density at radius 3 is 2.59 bits per heavy atom. The van der Waals surface area contributed by atoms with Crippen LogP contribution in [0, 0.1) is 12.3 Å². The Labute approximate surface area is 107 Å². The van der Waals surface area contributed by atoms with Crippen LogP contribution in [0.2, 0.25) is 5.02 Å². The molecule has 0 saturated heterocycles. The van der Waals surface area contributed by atoms with Crippen molar-refractivity contribution in [3.8, 4) is 18.1 Å². The number of carbonyl (C=O) groups excluding carboxylic acids is 1. The van der Waals surface area contributed by atoms with Crippen LogP contribution in [0.3, 0.4) is 0 Å². The van der Waals surface area contributed by atoms with Gasteiger partial charge in [0.2, 0.25) is 0 Å². The Morgan fingerprint density at radius 1 is 1.47 bits per heavy atom. The third-order valence-electron chi connectivity index (χ3n) is 2.37. The predicted octanol–water partition coefficient (Wildman–Crippen LogP) is 3.46. The largest absolute Gasteiger partial charge is 0.479 e. The van der Waals surface area contributed by atoms with Gasteiger partial charge in [0.05, 0.1) is 10.6 Å². The van der Waals surface area contributed by atoms with Gasteiger partial charge in [0.15, 0.2) is 6.29 Å². The van der Waals surface area contributed by atoms with E-state index in [2.05, 4.69) is 26.7 Å². The van der Waals surface area contributed by atoms with Gasteiger partial charge in [0.1, 0.15) is 12.4 Å². The molecule has 3 heteroatoms. The molecule has 0 N–H and O–H groups in total. The first-order chi connectivity index (χ1) is 7.90. The average molecular weight is 251 g/mol. The first-order valence-corrected chi connectivity index (χ1v) is 5.63. The molecule has 0 saturated carbocycles. The zero-order valence-corrected chi connectivity index (χ0v) is 11.0. The van der Waals surface area contributed by atoms with Crippen molar-refractivity contribution in [2.24, 2.45) is 0 Å². The summed E-state index contributed by atoms with van der Waals surface area (Å²) in [6.07, 6.45) is 5.84. The summed E-state index contributed by atoms with van der Waals surface area (Å²) >= 11 is 6.10. The Hall–Kier alpha value is -1.46. The normalized spacial score (nSPS) is 10.8. The summed E-state index contributed by atoms with van der Waals surface area (Å²) in [5.41, 5.74) is 1.34. The van der Waals surface area contributed by atoms with Gasteiger partial charge in [-0.05, 0) is 23.1 Å². The van der Waals surface area contributed by atoms with Crippen molar-refractivity contribution in [1.82, 2.24) is 0 Å². The summed E-state index contributed by atoms with van der Waals surface area (Å²) in [7, 11) is 0. The highest BCUT2D eigenvalue weighted by atomic mass is 35.5. The topological polar surface area (TPSA) is 26.3 Å². The molecule has 0 atom stereocenters. The Morgan fingerprint density at radius 2 is 2.12 bits per heavy atom. The molecule has 17 heavy (non-hydrogen) atoms. The standard InChI is InChI=1S/C14H15ClO2/c1-5-6-17-13-10(9-16)7-11(8-12(13)15)14(2,3)4/h1,7-9H,6H2,2-4H3. The molecule has 0 fully saturated rings. The fraction of sp³-hybridized carbons (Fsp3) is 0.357. The molecular weight excluding hydrogens is 236 g/mol. The van der Waals surface area contributed by atoms with Crippen molar-refractivity contribution >= 4 is 17.9 Å². The highest BCUT2D eigenvalue weighted by Gasteiger charge is 2.18. The van der Waals surface area contributed by atoms with E-state index in [0.717, 1.165) is 11.8 Å². The third-order valence-corrected chi connectivity index (χ3v) is 2.65. The van der Waals surface area contributed by atoms with Crippen LogP contribution in [0.4, 0.5) is 0 Å². The second kappa shape index (κ2) is 5.25. The average Bonchev–Trinajstić information content (AvgIpc) is 2.25. The van der Waals surface area contributed by atoms with E-state index in [9.17, 15) is 4.79 Å². The maximum Gasteiger partial charge on any atom is 0.153 e. The van der Waals surface area contributed by atoms with Crippen molar-refractivity contribution in [1.29, 1.82) is 0 Å². The molecule has 0 radical (unpaired) electrons. The maximum atomic E-state index is 11.0. The molecule has 0 spiro atoms. The lowest BCUT2D eigenvalue weighted by Gasteiger charge is -2.21. The summed E-state index contributed by atoms with van der Waals surface area (Å²) in [4.78, 5) is 11.0. The van der Waals surface area contributed by atoms with E-state index < -0.39 is 0 Å². The smallest absolute Gasteiger partial charge is 0.153 e. The second-order valence-electron chi connectivity index (χ2n) is 4.74. The van der Waals surface area contributed by atoms with Crippen LogP contribution in [0.25, 0.3) is 0 Å². The Balaban J connectivity index is 3.27. The van der Waals surface area contributed by atoms with Crippen molar-refractivity contribution in [2.75, 3.05) is 6.61 Å². The number of rotatable bonds is 3. The molecule has 0 amide bonds. The van der Waals surface area contributed by atoms with Gasteiger partial charge in [0, 0.05) is 0 Å². The van der Waals surface area contributed by atoms with Crippen LogP contribution in [0.5, 0.6) is 5.75 Å². The number of carbonyl (C=O) groups is 1. The Kier molecular flexibility index (Phi) is 4.20. The zero-order chi connectivity index (χ0) is 13.1. The minimum atomic E-state index is -0.0773. The maximum absolute atomic E-state index is 11.0. The molecule has 1 aromatic rings. The van der Waals surface area contributed by atoms with Crippen LogP contribution in [-0.4, -0.2) is 12.9 Å². The molecule has 0 aromatic heterocycles.